The Morgan fingerprint density at radius 2 is 1.88 bits per heavy atom. The number of nitrogens with zero attached hydrogens (tertiary/aromatic N) is 3. The van der Waals surface area contributed by atoms with E-state index < -0.39 is 0 Å². The minimum Gasteiger partial charge on any atom is -0.341 e. The summed E-state index contributed by atoms with van der Waals surface area (Å²) in [7, 11) is 0. The van der Waals surface area contributed by atoms with Gasteiger partial charge in [-0.2, -0.15) is 0 Å². The topological polar surface area (TPSA) is 65.5 Å². The highest BCUT2D eigenvalue weighted by Gasteiger charge is 2.36. The third-order valence-electron chi connectivity index (χ3n) is 7.45. The third kappa shape index (κ3) is 4.76. The van der Waals surface area contributed by atoms with E-state index in [1.54, 1.807) is 4.90 Å². The molecule has 0 saturated carbocycles. The van der Waals surface area contributed by atoms with Gasteiger partial charge in [0.2, 0.25) is 5.91 Å². The number of piperidine rings is 1. The van der Waals surface area contributed by atoms with Crippen LogP contribution in [0.25, 0.3) is 0 Å². The summed E-state index contributed by atoms with van der Waals surface area (Å²) in [6, 6.07) is 6.65. The lowest BCUT2D eigenvalue weighted by molar-refractivity contribution is -0.133. The fourth-order valence-corrected chi connectivity index (χ4v) is 7.03. The highest BCUT2D eigenvalue weighted by atomic mass is 79.9. The van der Waals surface area contributed by atoms with Crippen LogP contribution < -0.4 is 5.32 Å². The van der Waals surface area contributed by atoms with Gasteiger partial charge in [-0.1, -0.05) is 22.0 Å². The lowest BCUT2D eigenvalue weighted by Gasteiger charge is -2.38. The average Bonchev–Trinajstić information content (AvgIpc) is 2.97. The maximum Gasteiger partial charge on any atom is 0.317 e. The van der Waals surface area contributed by atoms with Gasteiger partial charge in [0.25, 0.3) is 0 Å². The number of aromatic nitrogens is 1. The van der Waals surface area contributed by atoms with Crippen molar-refractivity contribution < 1.29 is 9.59 Å². The van der Waals surface area contributed by atoms with E-state index in [-0.39, 0.29) is 24.4 Å². The number of amides is 3. The molecule has 34 heavy (non-hydrogen) atoms. The van der Waals surface area contributed by atoms with Crippen molar-refractivity contribution in [1.29, 1.82) is 0 Å². The van der Waals surface area contributed by atoms with E-state index in [0.29, 0.717) is 19.0 Å². The summed E-state index contributed by atoms with van der Waals surface area (Å²) in [5.74, 6) is 0.669. The number of fused-ring (bicyclic) bond motifs is 2. The van der Waals surface area contributed by atoms with Crippen molar-refractivity contribution >= 4 is 43.8 Å². The molecule has 0 bridgehead atoms. The summed E-state index contributed by atoms with van der Waals surface area (Å²) in [5.41, 5.74) is 6.54. The molecule has 1 aromatic heterocycles. The zero-order valence-corrected chi connectivity index (χ0v) is 22.6. The van der Waals surface area contributed by atoms with Crippen LogP contribution in [0.3, 0.4) is 0 Å². The van der Waals surface area contributed by atoms with E-state index in [0.717, 1.165) is 49.7 Å². The van der Waals surface area contributed by atoms with Crippen molar-refractivity contribution in [3.63, 3.8) is 0 Å². The van der Waals surface area contributed by atoms with E-state index in [9.17, 15) is 9.59 Å². The van der Waals surface area contributed by atoms with Gasteiger partial charge in [-0.05, 0) is 95.3 Å². The number of hydrogen-bond acceptors (Lipinski definition) is 3. The predicted molar refractivity (Wildman–Crippen MR) is 139 cm³/mol. The maximum absolute atomic E-state index is 13.0. The number of aryl methyl sites for hydroxylation is 3. The van der Waals surface area contributed by atoms with Gasteiger partial charge in [0.1, 0.15) is 6.54 Å². The van der Waals surface area contributed by atoms with Gasteiger partial charge in [-0.15, -0.1) is 0 Å². The van der Waals surface area contributed by atoms with Crippen molar-refractivity contribution in [2.24, 2.45) is 5.92 Å². The van der Waals surface area contributed by atoms with Crippen LogP contribution in [0.15, 0.2) is 33.3 Å². The standard InChI is InChI=1S/C26H30Br2N4O2/c1-16-11-18-3-4-19-13-20(27)14-30-25(19)24(23(18)21(28)12-16)17-5-9-31(10-6-17)22(33)15-32-8-2-7-29-26(32)34/h11-14,17,24H,2-10,15H2,1H3,(H,29,34)/t24-/m1/s1. The molecule has 1 aliphatic carbocycles. The molecule has 1 atom stereocenters. The lowest BCUT2D eigenvalue weighted by atomic mass is 9.76. The Kier molecular flexibility index (Phi) is 6.98. The molecule has 1 N–H and O–H groups in total. The molecule has 3 heterocycles. The minimum absolute atomic E-state index is 0.0519. The molecule has 0 unspecified atom stereocenters. The summed E-state index contributed by atoms with van der Waals surface area (Å²) < 4.78 is 2.19. The van der Waals surface area contributed by atoms with E-state index >= 15 is 0 Å². The normalized spacial score (nSPS) is 20.9. The quantitative estimate of drug-likeness (QED) is 0.559. The Labute approximate surface area is 217 Å². The molecule has 1 aromatic carbocycles. The van der Waals surface area contributed by atoms with Crippen LogP contribution in [-0.4, -0.2) is 59.4 Å². The van der Waals surface area contributed by atoms with Gasteiger partial charge in [-0.3, -0.25) is 9.78 Å². The number of benzene rings is 1. The Morgan fingerprint density at radius 3 is 2.65 bits per heavy atom. The Bertz CT molecular complexity index is 1110. The molecule has 2 aliphatic heterocycles. The molecule has 0 spiro atoms. The van der Waals surface area contributed by atoms with Gasteiger partial charge in [0.05, 0.1) is 5.69 Å². The monoisotopic (exact) mass is 588 g/mol. The molecule has 2 fully saturated rings. The van der Waals surface area contributed by atoms with E-state index in [1.165, 1.54) is 32.4 Å². The predicted octanol–water partition coefficient (Wildman–Crippen LogP) is 4.80. The zero-order valence-electron chi connectivity index (χ0n) is 19.4. The van der Waals surface area contributed by atoms with Gasteiger partial charge in [0.15, 0.2) is 0 Å². The first-order chi connectivity index (χ1) is 16.4. The van der Waals surface area contributed by atoms with Crippen LogP contribution in [0.1, 0.15) is 53.1 Å². The fourth-order valence-electron chi connectivity index (χ4n) is 5.79. The molecule has 2 aromatic rings. The van der Waals surface area contributed by atoms with Crippen molar-refractivity contribution in [3.8, 4) is 0 Å². The highest BCUT2D eigenvalue weighted by molar-refractivity contribution is 9.10. The molecule has 0 radical (unpaired) electrons. The van der Waals surface area contributed by atoms with Gasteiger partial charge in [0, 0.05) is 47.2 Å². The first kappa shape index (κ1) is 23.8. The Hall–Kier alpha value is -1.93. The van der Waals surface area contributed by atoms with Crippen LogP contribution in [0.4, 0.5) is 4.79 Å². The number of likely N-dealkylation sites (tertiary alicyclic amines) is 1. The Morgan fingerprint density at radius 1 is 1.12 bits per heavy atom. The smallest absolute Gasteiger partial charge is 0.317 e. The molecular weight excluding hydrogens is 560 g/mol. The van der Waals surface area contributed by atoms with Crippen LogP contribution in [-0.2, 0) is 17.6 Å². The second-order valence-electron chi connectivity index (χ2n) is 9.72. The van der Waals surface area contributed by atoms with Crippen LogP contribution in [0.2, 0.25) is 0 Å². The lowest BCUT2D eigenvalue weighted by Crippen LogP contribution is -2.51. The van der Waals surface area contributed by atoms with E-state index in [4.69, 9.17) is 4.98 Å². The maximum atomic E-state index is 13.0. The largest absolute Gasteiger partial charge is 0.341 e. The average molecular weight is 590 g/mol. The highest BCUT2D eigenvalue weighted by Crippen LogP contribution is 2.45. The van der Waals surface area contributed by atoms with Crippen LogP contribution in [0.5, 0.6) is 0 Å². The van der Waals surface area contributed by atoms with Crippen LogP contribution in [0, 0.1) is 12.8 Å². The number of nitrogens with one attached hydrogen (secondary N) is 1. The summed E-state index contributed by atoms with van der Waals surface area (Å²) in [6.07, 6.45) is 6.66. The summed E-state index contributed by atoms with van der Waals surface area (Å²) >= 11 is 7.51. The minimum atomic E-state index is -0.126. The van der Waals surface area contributed by atoms with Gasteiger partial charge in [-0.25, -0.2) is 4.79 Å². The van der Waals surface area contributed by atoms with Crippen molar-refractivity contribution in [1.82, 2.24) is 20.1 Å². The number of rotatable bonds is 3. The number of halogens is 2. The summed E-state index contributed by atoms with van der Waals surface area (Å²) in [5, 5.41) is 2.83. The number of hydrogen-bond donors (Lipinski definition) is 1. The number of pyridine rings is 1. The zero-order chi connectivity index (χ0) is 23.8. The van der Waals surface area contributed by atoms with Gasteiger partial charge >= 0.3 is 6.03 Å². The molecule has 5 rings (SSSR count). The summed E-state index contributed by atoms with van der Waals surface area (Å²) in [6.45, 7) is 5.11. The first-order valence-corrected chi connectivity index (χ1v) is 13.7. The molecular formula is C26H30Br2N4O2. The second kappa shape index (κ2) is 9.97. The SMILES string of the molecule is Cc1cc(Br)c2c(c1)CCc1cc(Br)cnc1[C@@H]2C1CCN(C(=O)CN2CCCNC2=O)CC1. The van der Waals surface area contributed by atoms with Crippen molar-refractivity contribution in [2.45, 2.75) is 44.9 Å². The number of urea groups is 1. The molecule has 180 valence electrons. The number of carbonyl (C=O) groups is 2. The van der Waals surface area contributed by atoms with E-state index in [2.05, 4.69) is 62.3 Å². The molecule has 8 heteroatoms. The Balaban J connectivity index is 1.38. The molecule has 3 amide bonds. The fraction of sp³-hybridized carbons (Fsp3) is 0.500. The summed E-state index contributed by atoms with van der Waals surface area (Å²) in [4.78, 5) is 33.5. The molecule has 3 aliphatic rings. The van der Waals surface area contributed by atoms with Gasteiger partial charge < -0.3 is 15.1 Å². The third-order valence-corrected chi connectivity index (χ3v) is 8.54. The number of carbonyl (C=O) groups excluding carboxylic acids is 2. The molecule has 6 nitrogen and oxygen atoms in total. The van der Waals surface area contributed by atoms with Crippen molar-refractivity contribution in [3.05, 3.63) is 61.3 Å². The first-order valence-electron chi connectivity index (χ1n) is 12.1. The molecule has 2 saturated heterocycles. The van der Waals surface area contributed by atoms with Crippen LogP contribution >= 0.6 is 31.9 Å². The second-order valence-corrected chi connectivity index (χ2v) is 11.5. The van der Waals surface area contributed by atoms with E-state index in [1.807, 2.05) is 11.1 Å². The van der Waals surface area contributed by atoms with Crippen molar-refractivity contribution in [2.75, 3.05) is 32.7 Å².